The van der Waals surface area contributed by atoms with Crippen LogP contribution in [0.3, 0.4) is 0 Å². The van der Waals surface area contributed by atoms with Gasteiger partial charge >= 0.3 is 0 Å². The summed E-state index contributed by atoms with van der Waals surface area (Å²) in [5.74, 6) is 0.988. The van der Waals surface area contributed by atoms with E-state index < -0.39 is 0 Å². The minimum Gasteiger partial charge on any atom is -0.351 e. The van der Waals surface area contributed by atoms with Gasteiger partial charge in [-0.15, -0.1) is 0 Å². The van der Waals surface area contributed by atoms with Crippen LogP contribution in [-0.2, 0) is 13.1 Å². The molecule has 0 aromatic heterocycles. The number of fused-ring (bicyclic) bond motifs is 1. The zero-order valence-electron chi connectivity index (χ0n) is 9.38. The van der Waals surface area contributed by atoms with Crippen molar-refractivity contribution in [3.63, 3.8) is 0 Å². The monoisotopic (exact) mass is 236 g/mol. The van der Waals surface area contributed by atoms with E-state index in [9.17, 15) is 4.79 Å². The number of amides is 1. The van der Waals surface area contributed by atoms with Crippen LogP contribution in [-0.4, -0.2) is 24.5 Å². The fourth-order valence-corrected chi connectivity index (χ4v) is 2.11. The van der Waals surface area contributed by atoms with Gasteiger partial charge in [0.05, 0.1) is 0 Å². The summed E-state index contributed by atoms with van der Waals surface area (Å²) in [5, 5.41) is 6.18. The summed E-state index contributed by atoms with van der Waals surface area (Å²) in [6, 6.07) is 5.93. The average molecular weight is 236 g/mol. The zero-order chi connectivity index (χ0) is 11.4. The van der Waals surface area contributed by atoms with E-state index in [1.165, 1.54) is 11.1 Å². The lowest BCUT2D eigenvalue weighted by Gasteiger charge is -2.05. The van der Waals surface area contributed by atoms with Gasteiger partial charge in [-0.05, 0) is 29.5 Å². The topological polar surface area (TPSA) is 41.1 Å². The molecule has 86 valence electrons. The van der Waals surface area contributed by atoms with Gasteiger partial charge in [0.25, 0.3) is 5.91 Å². The van der Waals surface area contributed by atoms with Crippen LogP contribution >= 0.6 is 11.8 Å². The largest absolute Gasteiger partial charge is 0.351 e. The third-order valence-electron chi connectivity index (χ3n) is 2.69. The van der Waals surface area contributed by atoms with Crippen molar-refractivity contribution in [2.24, 2.45) is 0 Å². The van der Waals surface area contributed by atoms with E-state index in [-0.39, 0.29) is 5.91 Å². The third-order valence-corrected chi connectivity index (χ3v) is 3.30. The fraction of sp³-hybridized carbons (Fsp3) is 0.417. The molecule has 1 aromatic rings. The Morgan fingerprint density at radius 2 is 2.25 bits per heavy atom. The minimum atomic E-state index is 0.0313. The molecule has 0 saturated carbocycles. The summed E-state index contributed by atoms with van der Waals surface area (Å²) in [5.41, 5.74) is 3.32. The SMILES string of the molecule is CSCCNC(=O)c1ccc2c(c1)CNC2. The molecule has 4 heteroatoms. The van der Waals surface area contributed by atoms with Gasteiger partial charge in [-0.25, -0.2) is 0 Å². The molecule has 1 heterocycles. The third kappa shape index (κ3) is 2.57. The molecular weight excluding hydrogens is 220 g/mol. The minimum absolute atomic E-state index is 0.0313. The molecule has 0 saturated heterocycles. The first-order valence-corrected chi connectivity index (χ1v) is 6.80. The maximum atomic E-state index is 11.8. The van der Waals surface area contributed by atoms with Gasteiger partial charge in [0, 0.05) is 31.0 Å². The molecule has 2 N–H and O–H groups in total. The van der Waals surface area contributed by atoms with Crippen LogP contribution in [0.15, 0.2) is 18.2 Å². The highest BCUT2D eigenvalue weighted by Crippen LogP contribution is 2.16. The molecule has 1 aliphatic rings. The van der Waals surface area contributed by atoms with E-state index in [0.717, 1.165) is 31.0 Å². The number of nitrogens with one attached hydrogen (secondary N) is 2. The lowest BCUT2D eigenvalue weighted by Crippen LogP contribution is -2.25. The molecule has 0 unspecified atom stereocenters. The second kappa shape index (κ2) is 5.37. The lowest BCUT2D eigenvalue weighted by molar-refractivity contribution is 0.0956. The number of rotatable bonds is 4. The van der Waals surface area contributed by atoms with Crippen molar-refractivity contribution in [1.82, 2.24) is 10.6 Å². The second-order valence-electron chi connectivity index (χ2n) is 3.84. The maximum absolute atomic E-state index is 11.8. The van der Waals surface area contributed by atoms with Crippen molar-refractivity contribution < 1.29 is 4.79 Å². The molecule has 0 atom stereocenters. The molecule has 1 amide bonds. The highest BCUT2D eigenvalue weighted by atomic mass is 32.2. The molecule has 3 nitrogen and oxygen atoms in total. The molecule has 0 fully saturated rings. The molecule has 0 bridgehead atoms. The van der Waals surface area contributed by atoms with Crippen LogP contribution in [0.4, 0.5) is 0 Å². The highest BCUT2D eigenvalue weighted by molar-refractivity contribution is 7.98. The number of carbonyl (C=O) groups excluding carboxylic acids is 1. The average Bonchev–Trinajstić information content (AvgIpc) is 2.76. The Kier molecular flexibility index (Phi) is 3.85. The lowest BCUT2D eigenvalue weighted by atomic mass is 10.1. The number of benzene rings is 1. The number of carbonyl (C=O) groups is 1. The summed E-state index contributed by atoms with van der Waals surface area (Å²) in [6.07, 6.45) is 2.03. The maximum Gasteiger partial charge on any atom is 0.251 e. The summed E-state index contributed by atoms with van der Waals surface area (Å²) in [6.45, 7) is 2.53. The van der Waals surface area contributed by atoms with Gasteiger partial charge in [-0.3, -0.25) is 4.79 Å². The molecular formula is C12H16N2OS. The first-order valence-electron chi connectivity index (χ1n) is 5.41. The summed E-state index contributed by atoms with van der Waals surface area (Å²) in [4.78, 5) is 11.8. The quantitative estimate of drug-likeness (QED) is 0.776. The molecule has 16 heavy (non-hydrogen) atoms. The highest BCUT2D eigenvalue weighted by Gasteiger charge is 2.12. The normalized spacial score (nSPS) is 13.6. The number of hydrogen-bond acceptors (Lipinski definition) is 3. The Balaban J connectivity index is 2.01. The molecule has 0 spiro atoms. The Morgan fingerprint density at radius 3 is 3.06 bits per heavy atom. The van der Waals surface area contributed by atoms with E-state index in [4.69, 9.17) is 0 Å². The van der Waals surface area contributed by atoms with Crippen molar-refractivity contribution in [2.75, 3.05) is 18.6 Å². The van der Waals surface area contributed by atoms with Gasteiger partial charge in [-0.2, -0.15) is 11.8 Å². The Labute approximate surface area is 100.0 Å². The van der Waals surface area contributed by atoms with Crippen molar-refractivity contribution in [1.29, 1.82) is 0 Å². The Hall–Kier alpha value is -1.00. The van der Waals surface area contributed by atoms with Crippen molar-refractivity contribution in [2.45, 2.75) is 13.1 Å². The first-order chi connectivity index (χ1) is 7.81. The van der Waals surface area contributed by atoms with Crippen LogP contribution in [0, 0.1) is 0 Å². The summed E-state index contributed by atoms with van der Waals surface area (Å²) >= 11 is 1.73. The van der Waals surface area contributed by atoms with Crippen LogP contribution in [0.5, 0.6) is 0 Å². The predicted molar refractivity (Wildman–Crippen MR) is 67.7 cm³/mol. The van der Waals surface area contributed by atoms with Crippen LogP contribution in [0.1, 0.15) is 21.5 Å². The van der Waals surface area contributed by atoms with Crippen LogP contribution in [0.25, 0.3) is 0 Å². The van der Waals surface area contributed by atoms with E-state index >= 15 is 0 Å². The Morgan fingerprint density at radius 1 is 1.44 bits per heavy atom. The number of hydrogen-bond donors (Lipinski definition) is 2. The summed E-state index contributed by atoms with van der Waals surface area (Å²) < 4.78 is 0. The molecule has 0 aliphatic carbocycles. The van der Waals surface area contributed by atoms with Crippen molar-refractivity contribution in [3.05, 3.63) is 34.9 Å². The van der Waals surface area contributed by atoms with E-state index in [1.54, 1.807) is 11.8 Å². The van der Waals surface area contributed by atoms with Gasteiger partial charge < -0.3 is 10.6 Å². The standard InChI is InChI=1S/C12H16N2OS/c1-16-5-4-14-12(15)9-2-3-10-7-13-8-11(10)6-9/h2-3,6,13H,4-5,7-8H2,1H3,(H,14,15). The predicted octanol–water partition coefficient (Wildman–Crippen LogP) is 1.38. The number of thioether (sulfide) groups is 1. The van der Waals surface area contributed by atoms with Crippen LogP contribution in [0.2, 0.25) is 0 Å². The van der Waals surface area contributed by atoms with Gasteiger partial charge in [0.15, 0.2) is 0 Å². The van der Waals surface area contributed by atoms with Gasteiger partial charge in [0.1, 0.15) is 0 Å². The van der Waals surface area contributed by atoms with E-state index in [1.807, 2.05) is 24.5 Å². The molecule has 1 aromatic carbocycles. The van der Waals surface area contributed by atoms with Gasteiger partial charge in [-0.1, -0.05) is 6.07 Å². The fourth-order valence-electron chi connectivity index (χ4n) is 1.80. The smallest absolute Gasteiger partial charge is 0.251 e. The van der Waals surface area contributed by atoms with Crippen LogP contribution < -0.4 is 10.6 Å². The summed E-state index contributed by atoms with van der Waals surface area (Å²) in [7, 11) is 0. The second-order valence-corrected chi connectivity index (χ2v) is 4.82. The molecule has 0 radical (unpaired) electrons. The van der Waals surface area contributed by atoms with E-state index in [0.29, 0.717) is 0 Å². The van der Waals surface area contributed by atoms with Gasteiger partial charge in [0.2, 0.25) is 0 Å². The van der Waals surface area contributed by atoms with E-state index in [2.05, 4.69) is 10.6 Å². The molecule has 1 aliphatic heterocycles. The van der Waals surface area contributed by atoms with Crippen molar-refractivity contribution >= 4 is 17.7 Å². The Bertz CT molecular complexity index is 393. The van der Waals surface area contributed by atoms with Crippen molar-refractivity contribution in [3.8, 4) is 0 Å². The molecule has 2 rings (SSSR count). The zero-order valence-corrected chi connectivity index (χ0v) is 10.2. The first kappa shape index (κ1) is 11.5.